The standard InChI is InChI=1S/C27H19ClF6N4O4/c28-18-9-16(11-35-12-18)24(42-25(41)27(32,33)34)37-6-7-38-21(13-37)22(39)36-20-5-4-15(10-19(20)23(38)40)14-2-1-3-17(8-14)26(29,30)31/h1-5,8-12,21,24H,6-7,13H2,(H,36,39). The fraction of sp³-hybridized carbons (Fsp3) is 0.259. The van der Waals surface area contributed by atoms with Crippen molar-refractivity contribution in [1.29, 1.82) is 0 Å². The molecule has 2 atom stereocenters. The number of amides is 2. The van der Waals surface area contributed by atoms with Gasteiger partial charge < -0.3 is 15.0 Å². The third-order valence-electron chi connectivity index (χ3n) is 6.80. The minimum Gasteiger partial charge on any atom is -0.435 e. The predicted molar refractivity (Wildman–Crippen MR) is 136 cm³/mol. The number of ether oxygens (including phenoxy) is 1. The Morgan fingerprint density at radius 3 is 2.43 bits per heavy atom. The molecule has 3 aromatic rings. The van der Waals surface area contributed by atoms with Crippen molar-refractivity contribution in [2.24, 2.45) is 0 Å². The monoisotopic (exact) mass is 612 g/mol. The second-order valence-corrected chi connectivity index (χ2v) is 9.97. The van der Waals surface area contributed by atoms with E-state index in [1.807, 2.05) is 0 Å². The van der Waals surface area contributed by atoms with Gasteiger partial charge in [0.1, 0.15) is 6.04 Å². The maximum Gasteiger partial charge on any atom is 0.490 e. The number of benzene rings is 2. The molecule has 1 saturated heterocycles. The van der Waals surface area contributed by atoms with Gasteiger partial charge in [0.2, 0.25) is 5.91 Å². The molecule has 0 bridgehead atoms. The summed E-state index contributed by atoms with van der Waals surface area (Å²) in [6, 6.07) is 8.81. The van der Waals surface area contributed by atoms with Crippen LogP contribution in [-0.2, 0) is 20.5 Å². The normalized spacial score (nSPS) is 18.5. The lowest BCUT2D eigenvalue weighted by molar-refractivity contribution is -0.215. The van der Waals surface area contributed by atoms with E-state index < -0.39 is 48.0 Å². The van der Waals surface area contributed by atoms with Crippen LogP contribution >= 0.6 is 11.6 Å². The van der Waals surface area contributed by atoms with Crippen LogP contribution in [0, 0.1) is 0 Å². The Morgan fingerprint density at radius 2 is 1.74 bits per heavy atom. The zero-order chi connectivity index (χ0) is 30.4. The number of hydrogen-bond acceptors (Lipinski definition) is 6. The Bertz CT molecular complexity index is 1560. The topological polar surface area (TPSA) is 91.8 Å². The molecule has 15 heteroatoms. The van der Waals surface area contributed by atoms with Gasteiger partial charge in [-0.2, -0.15) is 26.3 Å². The minimum atomic E-state index is -5.30. The van der Waals surface area contributed by atoms with Gasteiger partial charge in [-0.15, -0.1) is 0 Å². The van der Waals surface area contributed by atoms with E-state index in [0.29, 0.717) is 5.56 Å². The molecule has 2 aromatic carbocycles. The lowest BCUT2D eigenvalue weighted by Crippen LogP contribution is -2.59. The average molecular weight is 613 g/mol. The van der Waals surface area contributed by atoms with Gasteiger partial charge in [0.25, 0.3) is 5.91 Å². The fourth-order valence-corrected chi connectivity index (χ4v) is 5.01. The van der Waals surface area contributed by atoms with Crippen LogP contribution in [0.2, 0.25) is 5.02 Å². The number of piperazine rings is 1. The number of nitrogens with zero attached hydrogens (tertiary/aromatic N) is 3. The van der Waals surface area contributed by atoms with Crippen LogP contribution in [0.25, 0.3) is 11.1 Å². The molecule has 8 nitrogen and oxygen atoms in total. The van der Waals surface area contributed by atoms with E-state index in [0.717, 1.165) is 18.3 Å². The highest BCUT2D eigenvalue weighted by Crippen LogP contribution is 2.36. The molecule has 2 unspecified atom stereocenters. The predicted octanol–water partition coefficient (Wildman–Crippen LogP) is 5.30. The Labute approximate surface area is 238 Å². The van der Waals surface area contributed by atoms with Crippen molar-refractivity contribution in [3.63, 3.8) is 0 Å². The van der Waals surface area contributed by atoms with Gasteiger partial charge in [0.05, 0.1) is 21.8 Å². The van der Waals surface area contributed by atoms with Gasteiger partial charge in [0.15, 0.2) is 6.23 Å². The van der Waals surface area contributed by atoms with Crippen LogP contribution in [-0.4, -0.2) is 64.4 Å². The van der Waals surface area contributed by atoms with E-state index in [1.54, 1.807) is 0 Å². The average Bonchev–Trinajstić information content (AvgIpc) is 3.04. The minimum absolute atomic E-state index is 0.0166. The third kappa shape index (κ3) is 5.90. The lowest BCUT2D eigenvalue weighted by atomic mass is 9.99. The number of esters is 1. The molecule has 5 rings (SSSR count). The first-order chi connectivity index (χ1) is 19.7. The highest BCUT2D eigenvalue weighted by molar-refractivity contribution is 6.30. The summed E-state index contributed by atoms with van der Waals surface area (Å²) in [5.41, 5.74) is -0.229. The first-order valence-corrected chi connectivity index (χ1v) is 12.7. The van der Waals surface area contributed by atoms with E-state index >= 15 is 0 Å². The Hall–Kier alpha value is -4.17. The summed E-state index contributed by atoms with van der Waals surface area (Å²) < 4.78 is 83.8. The first kappa shape index (κ1) is 29.3. The van der Waals surface area contributed by atoms with Crippen LogP contribution in [0.4, 0.5) is 32.0 Å². The van der Waals surface area contributed by atoms with E-state index in [4.69, 9.17) is 16.3 Å². The van der Waals surface area contributed by atoms with Gasteiger partial charge in [-0.05, 0) is 41.5 Å². The quantitative estimate of drug-likeness (QED) is 0.318. The molecule has 2 aliphatic rings. The fourth-order valence-electron chi connectivity index (χ4n) is 4.83. The number of halogens is 7. The van der Waals surface area contributed by atoms with Crippen molar-refractivity contribution >= 4 is 35.1 Å². The van der Waals surface area contributed by atoms with Gasteiger partial charge in [-0.25, -0.2) is 4.79 Å². The molecular formula is C27H19ClF6N4O4. The molecule has 1 aromatic heterocycles. The van der Waals surface area contributed by atoms with Gasteiger partial charge in [-0.1, -0.05) is 29.8 Å². The Balaban J connectivity index is 1.44. The Morgan fingerprint density at radius 1 is 1.00 bits per heavy atom. The van der Waals surface area contributed by atoms with Crippen molar-refractivity contribution < 1.29 is 45.5 Å². The molecular weight excluding hydrogens is 594 g/mol. The molecule has 2 aliphatic heterocycles. The van der Waals surface area contributed by atoms with Crippen molar-refractivity contribution in [2.75, 3.05) is 25.0 Å². The number of hydrogen-bond donors (Lipinski definition) is 1. The van der Waals surface area contributed by atoms with Crippen LogP contribution < -0.4 is 5.32 Å². The molecule has 1 N–H and O–H groups in total. The van der Waals surface area contributed by atoms with Gasteiger partial charge >= 0.3 is 18.3 Å². The first-order valence-electron chi connectivity index (χ1n) is 12.3. The number of fused-ring (bicyclic) bond motifs is 2. The van der Waals surface area contributed by atoms with E-state index in [-0.39, 0.29) is 47.0 Å². The number of aromatic nitrogens is 1. The van der Waals surface area contributed by atoms with Crippen molar-refractivity contribution in [1.82, 2.24) is 14.8 Å². The summed E-state index contributed by atoms with van der Waals surface area (Å²) in [5, 5.41) is 2.67. The second kappa shape index (κ2) is 10.9. The third-order valence-corrected chi connectivity index (χ3v) is 7.01. The number of pyridine rings is 1. The van der Waals surface area contributed by atoms with Crippen LogP contribution in [0.3, 0.4) is 0 Å². The molecule has 0 spiro atoms. The molecule has 220 valence electrons. The summed E-state index contributed by atoms with van der Waals surface area (Å²) >= 11 is 5.95. The second-order valence-electron chi connectivity index (χ2n) is 9.53. The number of alkyl halides is 6. The maximum atomic E-state index is 13.6. The summed E-state index contributed by atoms with van der Waals surface area (Å²) in [7, 11) is 0. The van der Waals surface area contributed by atoms with Gasteiger partial charge in [0, 0.05) is 37.6 Å². The number of anilines is 1. The maximum absolute atomic E-state index is 13.6. The summed E-state index contributed by atoms with van der Waals surface area (Å²) in [6.07, 6.45) is -9.12. The van der Waals surface area contributed by atoms with E-state index in [2.05, 4.69) is 10.3 Å². The van der Waals surface area contributed by atoms with Crippen LogP contribution in [0.15, 0.2) is 60.9 Å². The summed E-state index contributed by atoms with van der Waals surface area (Å²) in [6.45, 7) is -0.590. The Kier molecular flexibility index (Phi) is 7.62. The summed E-state index contributed by atoms with van der Waals surface area (Å²) in [5.74, 6) is -3.75. The zero-order valence-corrected chi connectivity index (χ0v) is 21.9. The molecule has 1 fully saturated rings. The van der Waals surface area contributed by atoms with Crippen LogP contribution in [0.5, 0.6) is 0 Å². The summed E-state index contributed by atoms with van der Waals surface area (Å²) in [4.78, 5) is 44.9. The largest absolute Gasteiger partial charge is 0.490 e. The molecule has 0 aliphatic carbocycles. The SMILES string of the molecule is O=C1Nc2ccc(-c3cccc(C(F)(F)F)c3)cc2C(=O)N2CCN(C(OC(=O)C(F)(F)F)c3cncc(Cl)c3)CC12. The van der Waals surface area contributed by atoms with Crippen molar-refractivity contribution in [2.45, 2.75) is 24.6 Å². The molecule has 42 heavy (non-hydrogen) atoms. The highest BCUT2D eigenvalue weighted by Gasteiger charge is 2.46. The lowest BCUT2D eigenvalue weighted by Gasteiger charge is -2.42. The molecule has 0 radical (unpaired) electrons. The number of rotatable bonds is 4. The smallest absolute Gasteiger partial charge is 0.435 e. The molecule has 2 amide bonds. The number of nitrogens with one attached hydrogen (secondary N) is 1. The molecule has 3 heterocycles. The van der Waals surface area contributed by atoms with Crippen molar-refractivity contribution in [3.8, 4) is 11.1 Å². The number of carbonyl (C=O) groups is 3. The van der Waals surface area contributed by atoms with E-state index in [1.165, 1.54) is 52.4 Å². The molecule has 0 saturated carbocycles. The van der Waals surface area contributed by atoms with E-state index in [9.17, 15) is 40.7 Å². The zero-order valence-electron chi connectivity index (χ0n) is 21.2. The highest BCUT2D eigenvalue weighted by atomic mass is 35.5. The van der Waals surface area contributed by atoms with Crippen molar-refractivity contribution in [3.05, 3.63) is 82.6 Å². The van der Waals surface area contributed by atoms with Crippen LogP contribution in [0.1, 0.15) is 27.7 Å². The van der Waals surface area contributed by atoms with Gasteiger partial charge in [-0.3, -0.25) is 19.5 Å². The number of carbonyl (C=O) groups excluding carboxylic acids is 3.